The maximum atomic E-state index is 16.9. The lowest BCUT2D eigenvalue weighted by Gasteiger charge is -2.38. The van der Waals surface area contributed by atoms with Crippen molar-refractivity contribution in [2.75, 3.05) is 0 Å². The van der Waals surface area contributed by atoms with Crippen LogP contribution in [0.5, 0.6) is 0 Å². The lowest BCUT2D eigenvalue weighted by Crippen LogP contribution is -2.30. The van der Waals surface area contributed by atoms with Crippen LogP contribution in [-0.4, -0.2) is 8.78 Å². The third-order valence-electron chi connectivity index (χ3n) is 10.4. The molecule has 224 valence electrons. The summed E-state index contributed by atoms with van der Waals surface area (Å²) in [5, 5.41) is 2.53. The minimum atomic E-state index is -3.89. The van der Waals surface area contributed by atoms with Gasteiger partial charge in [0.05, 0.1) is 11.0 Å². The van der Waals surface area contributed by atoms with E-state index in [9.17, 15) is 0 Å². The van der Waals surface area contributed by atoms with Crippen molar-refractivity contribution in [3.8, 4) is 39.1 Å². The largest absolute Gasteiger partial charge is 0.309 e. The zero-order chi connectivity index (χ0) is 31.5. The van der Waals surface area contributed by atoms with Crippen molar-refractivity contribution in [3.05, 3.63) is 163 Å². The molecular weight excluding hydrogens is 591 g/mol. The van der Waals surface area contributed by atoms with E-state index in [1.165, 1.54) is 32.9 Å². The maximum absolute atomic E-state index is 16.9. The van der Waals surface area contributed by atoms with E-state index in [4.69, 9.17) is 0 Å². The molecule has 0 unspecified atom stereocenters. The number of hydrogen-bond donors (Lipinski definition) is 0. The highest BCUT2D eigenvalue weighted by Gasteiger charge is 2.57. The Morgan fingerprint density at radius 2 is 0.915 bits per heavy atom. The third kappa shape index (κ3) is 3.22. The molecule has 3 heterocycles. The highest BCUT2D eigenvalue weighted by molar-refractivity contribution is 8.21. The first-order chi connectivity index (χ1) is 22.9. The predicted molar refractivity (Wildman–Crippen MR) is 194 cm³/mol. The fraction of sp³-hybridized carbons (Fsp3) is 0.0455. The highest BCUT2D eigenvalue weighted by atomic mass is 32.3. The molecule has 2 nitrogen and oxygen atoms in total. The van der Waals surface area contributed by atoms with Crippen LogP contribution in [0, 0.1) is 13.8 Å². The second kappa shape index (κ2) is 9.06. The van der Waals surface area contributed by atoms with Crippen molar-refractivity contribution in [2.24, 2.45) is 0 Å². The Morgan fingerprint density at radius 3 is 1.47 bits per heavy atom. The molecule has 0 N–H and O–H groups in total. The number of rotatable bonds is 2. The first-order valence-electron chi connectivity index (χ1n) is 16.2. The summed E-state index contributed by atoms with van der Waals surface area (Å²) in [5.74, 6) is 0. The third-order valence-corrected chi connectivity index (χ3v) is 15.2. The van der Waals surface area contributed by atoms with Crippen molar-refractivity contribution in [3.63, 3.8) is 0 Å². The molecule has 47 heavy (non-hydrogen) atoms. The van der Waals surface area contributed by atoms with Crippen LogP contribution in [0.2, 0.25) is 0 Å². The van der Waals surface area contributed by atoms with Crippen molar-refractivity contribution in [2.45, 2.75) is 33.4 Å². The Kier molecular flexibility index (Phi) is 5.14. The van der Waals surface area contributed by atoms with Crippen LogP contribution in [0.3, 0.4) is 0 Å². The Hall–Kier alpha value is -5.51. The molecule has 8 aromatic rings. The van der Waals surface area contributed by atoms with E-state index in [1.807, 2.05) is 18.2 Å². The number of nitrogens with zero attached hydrogens (tertiary/aromatic N) is 1. The smallest absolute Gasteiger partial charge is 0.0541 e. The molecule has 1 spiro atoms. The number of benzene rings is 7. The summed E-state index contributed by atoms with van der Waals surface area (Å²) in [4.78, 5) is 3.65. The van der Waals surface area contributed by atoms with E-state index in [0.717, 1.165) is 58.7 Å². The second-order valence-electron chi connectivity index (χ2n) is 13.1. The van der Waals surface area contributed by atoms with Gasteiger partial charge >= 0.3 is 0 Å². The van der Waals surface area contributed by atoms with E-state index in [0.29, 0.717) is 0 Å². The summed E-state index contributed by atoms with van der Waals surface area (Å²) in [5.41, 5.74) is 12.4. The van der Waals surface area contributed by atoms with E-state index >= 15 is 4.21 Å². The van der Waals surface area contributed by atoms with Gasteiger partial charge in [-0.25, -0.2) is 0 Å². The normalized spacial score (nSPS) is 15.6. The summed E-state index contributed by atoms with van der Waals surface area (Å²) in [6.45, 7) is 4.31. The van der Waals surface area contributed by atoms with Crippen molar-refractivity contribution in [1.82, 2.24) is 4.57 Å². The summed E-state index contributed by atoms with van der Waals surface area (Å²) in [7, 11) is -3.89. The predicted octanol–water partition coefficient (Wildman–Crippen LogP) is 11.4. The first-order valence-corrected chi connectivity index (χ1v) is 18.1. The van der Waals surface area contributed by atoms with Gasteiger partial charge in [-0.3, -0.25) is 4.21 Å². The molecule has 0 saturated carbocycles. The van der Waals surface area contributed by atoms with Gasteiger partial charge in [-0.15, -0.1) is 0 Å². The van der Waals surface area contributed by atoms with E-state index < -0.39 is 9.07 Å². The number of aromatic nitrogens is 1. The fourth-order valence-electron chi connectivity index (χ4n) is 8.40. The van der Waals surface area contributed by atoms with Gasteiger partial charge in [0.15, 0.2) is 0 Å². The quantitative estimate of drug-likeness (QED) is 0.188. The van der Waals surface area contributed by atoms with Gasteiger partial charge in [0.1, 0.15) is 0 Å². The molecule has 0 atom stereocenters. The Bertz CT molecular complexity index is 2600. The average molecular weight is 622 g/mol. The molecule has 0 saturated heterocycles. The van der Waals surface area contributed by atoms with Gasteiger partial charge in [0, 0.05) is 45.1 Å². The summed E-state index contributed by atoms with van der Waals surface area (Å²) >= 11 is 0. The van der Waals surface area contributed by atoms with Crippen LogP contribution >= 0.6 is 0 Å². The molecule has 10 rings (SSSR count). The SMILES string of the molecule is Cc1ccc2c(c1)c1cc(C)ccc1n2-c1cccc(-c2ccc3c(c2)S2(=O)(c4ccccc4-c4ccccc42)c2ccccc2-3)c1. The fourth-order valence-corrected chi connectivity index (χ4v) is 13.6. The summed E-state index contributed by atoms with van der Waals surface area (Å²) < 4.78 is 19.2. The number of fused-ring (bicyclic) bond motifs is 13. The molecule has 7 aromatic carbocycles. The zero-order valence-corrected chi connectivity index (χ0v) is 27.0. The van der Waals surface area contributed by atoms with Crippen LogP contribution < -0.4 is 0 Å². The van der Waals surface area contributed by atoms with Gasteiger partial charge in [-0.2, -0.15) is 0 Å². The molecule has 2 aliphatic heterocycles. The topological polar surface area (TPSA) is 22.0 Å². The summed E-state index contributed by atoms with van der Waals surface area (Å²) in [6, 6.07) is 53.8. The van der Waals surface area contributed by atoms with Crippen molar-refractivity contribution >= 4 is 30.9 Å². The van der Waals surface area contributed by atoms with E-state index in [2.05, 4.69) is 152 Å². The second-order valence-corrected chi connectivity index (χ2v) is 16.7. The number of aryl methyl sites for hydroxylation is 2. The van der Waals surface area contributed by atoms with Crippen molar-refractivity contribution in [1.29, 1.82) is 0 Å². The molecule has 0 amide bonds. The number of hydrogen-bond acceptors (Lipinski definition) is 1. The minimum absolute atomic E-state index is 0.909. The molecule has 0 bridgehead atoms. The standard InChI is InChI=1S/C44H31NOS/c1-28-18-22-39-37(24-28)38-25-29(2)19-23-40(38)45(39)32-11-9-10-30(26-32)31-20-21-36-35-14-5-8-17-43(35)47(46,44(36)27-31)41-15-6-3-12-33(41)34-13-4-7-16-42(34)47/h3-27H,1-2H3. The van der Waals surface area contributed by atoms with Crippen LogP contribution in [0.25, 0.3) is 60.9 Å². The Labute approximate surface area is 274 Å². The van der Waals surface area contributed by atoms with Gasteiger partial charge in [-0.1, -0.05) is 102 Å². The van der Waals surface area contributed by atoms with Gasteiger partial charge < -0.3 is 4.57 Å². The summed E-state index contributed by atoms with van der Waals surface area (Å²) in [6.07, 6.45) is 0. The lowest BCUT2D eigenvalue weighted by atomic mass is 10.00. The Morgan fingerprint density at radius 1 is 0.426 bits per heavy atom. The van der Waals surface area contributed by atoms with Gasteiger partial charge in [0.25, 0.3) is 0 Å². The molecule has 0 radical (unpaired) electrons. The molecule has 0 aliphatic carbocycles. The van der Waals surface area contributed by atoms with Crippen LogP contribution in [-0.2, 0) is 9.07 Å². The maximum Gasteiger partial charge on any atom is 0.0541 e. The molecule has 0 fully saturated rings. The van der Waals surface area contributed by atoms with Crippen LogP contribution in [0.4, 0.5) is 0 Å². The van der Waals surface area contributed by atoms with Crippen LogP contribution in [0.1, 0.15) is 11.1 Å². The minimum Gasteiger partial charge on any atom is -0.309 e. The Balaban J connectivity index is 1.24. The van der Waals surface area contributed by atoms with E-state index in [1.54, 1.807) is 0 Å². The van der Waals surface area contributed by atoms with E-state index in [-0.39, 0.29) is 0 Å². The molecular formula is C44H31NOS. The van der Waals surface area contributed by atoms with Gasteiger partial charge in [-0.05, 0) is 108 Å². The highest BCUT2D eigenvalue weighted by Crippen LogP contribution is 2.71. The van der Waals surface area contributed by atoms with Crippen molar-refractivity contribution < 1.29 is 4.21 Å². The molecule has 2 aliphatic rings. The monoisotopic (exact) mass is 621 g/mol. The van der Waals surface area contributed by atoms with Crippen LogP contribution in [0.15, 0.2) is 171 Å². The van der Waals surface area contributed by atoms with Gasteiger partial charge in [0.2, 0.25) is 0 Å². The average Bonchev–Trinajstić information content (AvgIpc) is 3.65. The first kappa shape index (κ1) is 26.7. The molecule has 3 heteroatoms. The lowest BCUT2D eigenvalue weighted by molar-refractivity contribution is 0.658. The zero-order valence-electron chi connectivity index (χ0n) is 26.2. The molecule has 1 aromatic heterocycles.